The number of nitrogens with one attached hydrogen (secondary N) is 1. The molecule has 1 spiro atoms. The summed E-state index contributed by atoms with van der Waals surface area (Å²) in [6.07, 6.45) is 4.14. The number of hydrogen-bond donors (Lipinski definition) is 1. The van der Waals surface area contributed by atoms with Crippen LogP contribution in [0.5, 0.6) is 0 Å². The number of methoxy groups -OCH3 is 1. The minimum Gasteiger partial charge on any atom is -0.384 e. The molecule has 0 amide bonds. The molecule has 108 valence electrons. The lowest BCUT2D eigenvalue weighted by Gasteiger charge is -2.35. The highest BCUT2D eigenvalue weighted by atomic mass is 35.5. The second-order valence-corrected chi connectivity index (χ2v) is 6.81. The molecular formula is C14H29ClN2O. The quantitative estimate of drug-likeness (QED) is 0.852. The molecular weight excluding hydrogens is 248 g/mol. The first-order valence-corrected chi connectivity index (χ1v) is 6.97. The summed E-state index contributed by atoms with van der Waals surface area (Å²) in [5, 5.41) is 3.48. The lowest BCUT2D eigenvalue weighted by molar-refractivity contribution is 0.0711. The van der Waals surface area contributed by atoms with Gasteiger partial charge in [0.2, 0.25) is 0 Å². The van der Waals surface area contributed by atoms with Gasteiger partial charge in [0.15, 0.2) is 0 Å². The molecule has 2 fully saturated rings. The minimum absolute atomic E-state index is 0. The molecule has 0 radical (unpaired) electrons. The van der Waals surface area contributed by atoms with E-state index >= 15 is 0 Å². The van der Waals surface area contributed by atoms with Gasteiger partial charge in [0.05, 0.1) is 6.61 Å². The van der Waals surface area contributed by atoms with Crippen LogP contribution in [0.1, 0.15) is 33.1 Å². The van der Waals surface area contributed by atoms with Crippen LogP contribution in [-0.4, -0.2) is 51.3 Å². The normalized spacial score (nSPS) is 24.2. The predicted molar refractivity (Wildman–Crippen MR) is 78.5 cm³/mol. The maximum atomic E-state index is 5.32. The highest BCUT2D eigenvalue weighted by Gasteiger charge is 2.39. The fourth-order valence-electron chi connectivity index (χ4n) is 3.57. The van der Waals surface area contributed by atoms with Gasteiger partial charge in [-0.05, 0) is 44.3 Å². The van der Waals surface area contributed by atoms with Crippen LogP contribution in [0.3, 0.4) is 0 Å². The summed E-state index contributed by atoms with van der Waals surface area (Å²) < 4.78 is 5.32. The number of likely N-dealkylation sites (tertiary alicyclic amines) is 1. The van der Waals surface area contributed by atoms with E-state index < -0.39 is 0 Å². The minimum atomic E-state index is 0. The second-order valence-electron chi connectivity index (χ2n) is 6.81. The average molecular weight is 277 g/mol. The second kappa shape index (κ2) is 6.56. The van der Waals surface area contributed by atoms with Crippen molar-refractivity contribution in [3.8, 4) is 0 Å². The molecule has 2 rings (SSSR count). The zero-order valence-electron chi connectivity index (χ0n) is 12.1. The molecule has 2 aliphatic heterocycles. The van der Waals surface area contributed by atoms with Crippen LogP contribution in [0, 0.1) is 10.8 Å². The molecule has 0 aromatic heterocycles. The Kier molecular flexibility index (Phi) is 5.91. The Balaban J connectivity index is 0.00000162. The molecule has 0 atom stereocenters. The van der Waals surface area contributed by atoms with Crippen molar-refractivity contribution < 1.29 is 4.74 Å². The molecule has 0 aromatic rings. The lowest BCUT2D eigenvalue weighted by atomic mass is 9.78. The molecule has 2 aliphatic rings. The van der Waals surface area contributed by atoms with Gasteiger partial charge in [0, 0.05) is 25.6 Å². The van der Waals surface area contributed by atoms with Crippen molar-refractivity contribution in [1.29, 1.82) is 0 Å². The maximum absolute atomic E-state index is 5.32. The molecule has 4 heteroatoms. The Morgan fingerprint density at radius 2 is 1.89 bits per heavy atom. The van der Waals surface area contributed by atoms with Crippen molar-refractivity contribution in [3.63, 3.8) is 0 Å². The van der Waals surface area contributed by atoms with Gasteiger partial charge in [-0.3, -0.25) is 0 Å². The summed E-state index contributed by atoms with van der Waals surface area (Å²) >= 11 is 0. The van der Waals surface area contributed by atoms with Gasteiger partial charge in [-0.25, -0.2) is 0 Å². The van der Waals surface area contributed by atoms with E-state index in [1.807, 2.05) is 0 Å². The summed E-state index contributed by atoms with van der Waals surface area (Å²) in [7, 11) is 1.81. The standard InChI is InChI=1S/C14H28N2O.ClH/c1-13(2,12-17-3)10-16-9-6-14(11-16)4-7-15-8-5-14;/h15H,4-12H2,1-3H3;1H. The Morgan fingerprint density at radius 1 is 1.22 bits per heavy atom. The van der Waals surface area contributed by atoms with Crippen LogP contribution in [-0.2, 0) is 4.74 Å². The van der Waals surface area contributed by atoms with Gasteiger partial charge in [0.1, 0.15) is 0 Å². The smallest absolute Gasteiger partial charge is 0.0525 e. The molecule has 18 heavy (non-hydrogen) atoms. The predicted octanol–water partition coefficient (Wildman–Crippen LogP) is 2.16. The summed E-state index contributed by atoms with van der Waals surface area (Å²) in [6, 6.07) is 0. The van der Waals surface area contributed by atoms with Crippen molar-refractivity contribution in [2.24, 2.45) is 10.8 Å². The lowest BCUT2D eigenvalue weighted by Crippen LogP contribution is -2.41. The zero-order valence-corrected chi connectivity index (χ0v) is 12.9. The molecule has 0 aliphatic carbocycles. The average Bonchev–Trinajstić information content (AvgIpc) is 2.61. The van der Waals surface area contributed by atoms with Crippen LogP contribution in [0.4, 0.5) is 0 Å². The number of piperidine rings is 1. The molecule has 1 N–H and O–H groups in total. The molecule has 0 saturated carbocycles. The van der Waals surface area contributed by atoms with E-state index in [1.165, 1.54) is 52.0 Å². The molecule has 0 unspecified atom stereocenters. The van der Waals surface area contributed by atoms with Crippen LogP contribution in [0.25, 0.3) is 0 Å². The number of nitrogens with zero attached hydrogens (tertiary/aromatic N) is 1. The topological polar surface area (TPSA) is 24.5 Å². The van der Waals surface area contributed by atoms with E-state index in [9.17, 15) is 0 Å². The first-order chi connectivity index (χ1) is 8.05. The van der Waals surface area contributed by atoms with Gasteiger partial charge >= 0.3 is 0 Å². The summed E-state index contributed by atoms with van der Waals surface area (Å²) in [5.74, 6) is 0. The summed E-state index contributed by atoms with van der Waals surface area (Å²) in [5.41, 5.74) is 0.918. The van der Waals surface area contributed by atoms with Gasteiger partial charge in [0.25, 0.3) is 0 Å². The van der Waals surface area contributed by atoms with Crippen LogP contribution in [0.15, 0.2) is 0 Å². The van der Waals surface area contributed by atoms with E-state index in [0.717, 1.165) is 6.61 Å². The summed E-state index contributed by atoms with van der Waals surface area (Å²) in [6.45, 7) is 11.7. The molecule has 0 aromatic carbocycles. The number of rotatable bonds is 4. The number of halogens is 1. The highest BCUT2D eigenvalue weighted by molar-refractivity contribution is 5.85. The zero-order chi connectivity index (χ0) is 12.4. The van der Waals surface area contributed by atoms with E-state index in [-0.39, 0.29) is 17.8 Å². The largest absolute Gasteiger partial charge is 0.384 e. The van der Waals surface area contributed by atoms with Crippen molar-refractivity contribution in [1.82, 2.24) is 10.2 Å². The Labute approximate surface area is 118 Å². The Bertz CT molecular complexity index is 252. The third-order valence-electron chi connectivity index (χ3n) is 4.37. The fourth-order valence-corrected chi connectivity index (χ4v) is 3.57. The first kappa shape index (κ1) is 16.2. The maximum Gasteiger partial charge on any atom is 0.0525 e. The van der Waals surface area contributed by atoms with E-state index in [2.05, 4.69) is 24.1 Å². The third kappa shape index (κ3) is 4.09. The van der Waals surface area contributed by atoms with Crippen molar-refractivity contribution >= 4 is 12.4 Å². The molecule has 3 nitrogen and oxygen atoms in total. The summed E-state index contributed by atoms with van der Waals surface area (Å²) in [4.78, 5) is 2.66. The Morgan fingerprint density at radius 3 is 2.50 bits per heavy atom. The van der Waals surface area contributed by atoms with Crippen LogP contribution in [0.2, 0.25) is 0 Å². The van der Waals surface area contributed by atoms with Crippen LogP contribution < -0.4 is 5.32 Å². The van der Waals surface area contributed by atoms with E-state index in [4.69, 9.17) is 4.74 Å². The third-order valence-corrected chi connectivity index (χ3v) is 4.37. The molecule has 2 heterocycles. The van der Waals surface area contributed by atoms with Gasteiger partial charge in [-0.15, -0.1) is 12.4 Å². The monoisotopic (exact) mass is 276 g/mol. The van der Waals surface area contributed by atoms with E-state index in [1.54, 1.807) is 7.11 Å². The number of ether oxygens (including phenoxy) is 1. The van der Waals surface area contributed by atoms with Crippen LogP contribution >= 0.6 is 12.4 Å². The van der Waals surface area contributed by atoms with Gasteiger partial charge in [-0.1, -0.05) is 13.8 Å². The van der Waals surface area contributed by atoms with Crippen molar-refractivity contribution in [2.45, 2.75) is 33.1 Å². The van der Waals surface area contributed by atoms with Gasteiger partial charge in [-0.2, -0.15) is 0 Å². The molecule has 0 bridgehead atoms. The first-order valence-electron chi connectivity index (χ1n) is 6.97. The Hall–Kier alpha value is 0.170. The number of hydrogen-bond acceptors (Lipinski definition) is 3. The highest BCUT2D eigenvalue weighted by Crippen LogP contribution is 2.39. The van der Waals surface area contributed by atoms with E-state index in [0.29, 0.717) is 5.41 Å². The molecule has 2 saturated heterocycles. The van der Waals surface area contributed by atoms with Crippen molar-refractivity contribution in [3.05, 3.63) is 0 Å². The van der Waals surface area contributed by atoms with Crippen molar-refractivity contribution in [2.75, 3.05) is 46.4 Å². The SMILES string of the molecule is COCC(C)(C)CN1CCC2(CCNCC2)C1.Cl. The fraction of sp³-hybridized carbons (Fsp3) is 1.00. The van der Waals surface area contributed by atoms with Gasteiger partial charge < -0.3 is 15.0 Å².